The van der Waals surface area contributed by atoms with Crippen LogP contribution in [0.1, 0.15) is 219 Å². The summed E-state index contributed by atoms with van der Waals surface area (Å²) < 4.78 is 33.7. The summed E-state index contributed by atoms with van der Waals surface area (Å²) in [7, 11) is 0. The standard InChI is InChI=1S/C59H104O15/c1-3-5-7-9-11-13-15-17-19-21-22-23-24-26-28-30-32-34-36-38-40-42-51(62)72-47(44-69-50(61)41-39-37-35-33-31-29-27-25-20-18-16-14-12-10-8-6-4-2)45-70-58-57(68)55(66)53(64)49(74-58)46-71-59-56(67)54(65)52(63)48(43-60)73-59/h12,14-15,17-18,20-22,47-49,52-60,63-68H,3-11,13,16,19,23-46H2,1-2H3/b14-12-,17-15-,20-18-,22-21-. The van der Waals surface area contributed by atoms with Gasteiger partial charge in [0.25, 0.3) is 0 Å². The second kappa shape index (κ2) is 45.5. The first-order valence-corrected chi connectivity index (χ1v) is 29.2. The molecule has 15 nitrogen and oxygen atoms in total. The van der Waals surface area contributed by atoms with Gasteiger partial charge in [0, 0.05) is 12.8 Å². The summed E-state index contributed by atoms with van der Waals surface area (Å²) in [6.45, 7) is 2.57. The SMILES string of the molecule is CCCCC/C=C\C/C=C\CCCCCCCCCC(=O)OCC(COC1OC(COC2OC(CO)C(O)C(O)C2O)C(O)C(O)C1O)OC(=O)CCCCCCCCCCC/C=C\C/C=C\CCCCCCC. The second-order valence-corrected chi connectivity index (χ2v) is 20.5. The minimum atomic E-state index is -1.77. The van der Waals surface area contributed by atoms with E-state index in [9.17, 15) is 45.3 Å². The molecule has 0 aromatic rings. The number of rotatable bonds is 46. The number of allylic oxidation sites excluding steroid dienone is 8. The van der Waals surface area contributed by atoms with Gasteiger partial charge in [-0.25, -0.2) is 0 Å². The van der Waals surface area contributed by atoms with Crippen LogP contribution >= 0.6 is 0 Å². The van der Waals surface area contributed by atoms with Crippen LogP contribution in [0.5, 0.6) is 0 Å². The maximum absolute atomic E-state index is 13.1. The number of aliphatic hydroxyl groups is 7. The molecule has 0 saturated carbocycles. The van der Waals surface area contributed by atoms with Crippen LogP contribution in [-0.4, -0.2) is 142 Å². The van der Waals surface area contributed by atoms with E-state index < -0.39 is 92.7 Å². The van der Waals surface area contributed by atoms with Crippen LogP contribution in [0, 0.1) is 0 Å². The lowest BCUT2D eigenvalue weighted by Crippen LogP contribution is -2.61. The van der Waals surface area contributed by atoms with E-state index in [1.54, 1.807) is 0 Å². The minimum Gasteiger partial charge on any atom is -0.462 e. The predicted octanol–water partition coefficient (Wildman–Crippen LogP) is 9.83. The summed E-state index contributed by atoms with van der Waals surface area (Å²) in [6.07, 6.45) is 35.5. The number of esters is 2. The van der Waals surface area contributed by atoms with E-state index in [2.05, 4.69) is 62.5 Å². The van der Waals surface area contributed by atoms with E-state index in [-0.39, 0.29) is 26.1 Å². The van der Waals surface area contributed by atoms with Gasteiger partial charge < -0.3 is 64.2 Å². The zero-order chi connectivity index (χ0) is 53.9. The van der Waals surface area contributed by atoms with Gasteiger partial charge in [0.15, 0.2) is 18.7 Å². The Hall–Kier alpha value is -2.54. The second-order valence-electron chi connectivity index (χ2n) is 20.5. The van der Waals surface area contributed by atoms with Crippen LogP contribution < -0.4 is 0 Å². The van der Waals surface area contributed by atoms with Crippen molar-refractivity contribution < 1.29 is 73.8 Å². The Morgan fingerprint density at radius 3 is 1.28 bits per heavy atom. The minimum absolute atomic E-state index is 0.158. The molecule has 11 atom stereocenters. The van der Waals surface area contributed by atoms with Crippen molar-refractivity contribution >= 4 is 11.9 Å². The number of aliphatic hydroxyl groups excluding tert-OH is 7. The highest BCUT2D eigenvalue weighted by Gasteiger charge is 2.47. The molecule has 11 unspecified atom stereocenters. The molecule has 430 valence electrons. The zero-order valence-corrected chi connectivity index (χ0v) is 45.8. The molecule has 2 aliphatic rings. The van der Waals surface area contributed by atoms with Crippen molar-refractivity contribution in [1.29, 1.82) is 0 Å². The highest BCUT2D eigenvalue weighted by Crippen LogP contribution is 2.27. The molecule has 7 N–H and O–H groups in total. The van der Waals surface area contributed by atoms with Crippen molar-refractivity contribution in [3.63, 3.8) is 0 Å². The van der Waals surface area contributed by atoms with Crippen molar-refractivity contribution in [2.75, 3.05) is 26.4 Å². The smallest absolute Gasteiger partial charge is 0.306 e. The molecule has 0 bridgehead atoms. The van der Waals surface area contributed by atoms with Crippen molar-refractivity contribution in [2.24, 2.45) is 0 Å². The maximum Gasteiger partial charge on any atom is 0.306 e. The van der Waals surface area contributed by atoms with Crippen LogP contribution in [0.4, 0.5) is 0 Å². The van der Waals surface area contributed by atoms with Crippen LogP contribution in [0.2, 0.25) is 0 Å². The molecular weight excluding hydrogens is 949 g/mol. The first kappa shape index (κ1) is 67.6. The van der Waals surface area contributed by atoms with Crippen LogP contribution in [0.15, 0.2) is 48.6 Å². The number of ether oxygens (including phenoxy) is 6. The van der Waals surface area contributed by atoms with Crippen molar-refractivity contribution in [3.8, 4) is 0 Å². The summed E-state index contributed by atoms with van der Waals surface area (Å²) in [6, 6.07) is 0. The Balaban J connectivity index is 1.76. The van der Waals surface area contributed by atoms with E-state index in [0.717, 1.165) is 77.0 Å². The van der Waals surface area contributed by atoms with Gasteiger partial charge in [-0.2, -0.15) is 0 Å². The molecular formula is C59H104O15. The molecule has 2 saturated heterocycles. The van der Waals surface area contributed by atoms with Crippen LogP contribution in [0.25, 0.3) is 0 Å². The topological polar surface area (TPSA) is 231 Å². The maximum atomic E-state index is 13.1. The van der Waals surface area contributed by atoms with Crippen molar-refractivity contribution in [2.45, 2.75) is 287 Å². The van der Waals surface area contributed by atoms with Gasteiger partial charge in [0.2, 0.25) is 0 Å². The quantitative estimate of drug-likeness (QED) is 0.0171. The third kappa shape index (κ3) is 32.3. The van der Waals surface area contributed by atoms with Gasteiger partial charge >= 0.3 is 11.9 Å². The van der Waals surface area contributed by atoms with Gasteiger partial charge in [-0.05, 0) is 77.0 Å². The van der Waals surface area contributed by atoms with E-state index in [1.807, 2.05) is 0 Å². The molecule has 74 heavy (non-hydrogen) atoms. The molecule has 0 aliphatic carbocycles. The number of hydrogen-bond acceptors (Lipinski definition) is 15. The van der Waals surface area contributed by atoms with Gasteiger partial charge in [-0.15, -0.1) is 0 Å². The van der Waals surface area contributed by atoms with E-state index in [4.69, 9.17) is 28.4 Å². The monoisotopic (exact) mass is 1050 g/mol. The molecule has 2 fully saturated rings. The Bertz CT molecular complexity index is 1470. The van der Waals surface area contributed by atoms with Gasteiger partial charge in [0.05, 0.1) is 19.8 Å². The normalized spacial score (nSPS) is 25.0. The molecule has 0 aromatic carbocycles. The summed E-state index contributed by atoms with van der Waals surface area (Å²) in [4.78, 5) is 25.9. The number of unbranched alkanes of at least 4 members (excludes halogenated alkanes) is 24. The molecule has 2 aliphatic heterocycles. The lowest BCUT2D eigenvalue weighted by atomic mass is 9.98. The highest BCUT2D eigenvalue weighted by molar-refractivity contribution is 5.70. The lowest BCUT2D eigenvalue weighted by Gasteiger charge is -2.42. The Morgan fingerprint density at radius 1 is 0.432 bits per heavy atom. The average molecular weight is 1050 g/mol. The zero-order valence-electron chi connectivity index (χ0n) is 45.8. The van der Waals surface area contributed by atoms with Crippen molar-refractivity contribution in [1.82, 2.24) is 0 Å². The van der Waals surface area contributed by atoms with E-state index in [0.29, 0.717) is 12.8 Å². The molecule has 2 rings (SSSR count). The van der Waals surface area contributed by atoms with Crippen LogP contribution in [-0.2, 0) is 38.0 Å². The fourth-order valence-electron chi connectivity index (χ4n) is 8.98. The van der Waals surface area contributed by atoms with Crippen LogP contribution in [0.3, 0.4) is 0 Å². The molecule has 0 amide bonds. The third-order valence-electron chi connectivity index (χ3n) is 13.8. The molecule has 0 radical (unpaired) electrons. The van der Waals surface area contributed by atoms with Gasteiger partial charge in [-0.1, -0.05) is 178 Å². The Morgan fingerprint density at radius 2 is 0.811 bits per heavy atom. The number of carbonyl (C=O) groups excluding carboxylic acids is 2. The number of hydrogen-bond donors (Lipinski definition) is 7. The summed E-state index contributed by atoms with van der Waals surface area (Å²) in [5.74, 6) is -0.935. The lowest BCUT2D eigenvalue weighted by molar-refractivity contribution is -0.332. The summed E-state index contributed by atoms with van der Waals surface area (Å²) in [5, 5.41) is 72.3. The first-order chi connectivity index (χ1) is 36.0. The molecule has 0 spiro atoms. The number of carbonyl (C=O) groups is 2. The van der Waals surface area contributed by atoms with Gasteiger partial charge in [0.1, 0.15) is 55.4 Å². The molecule has 2 heterocycles. The Kier molecular flexibility index (Phi) is 41.5. The summed E-state index contributed by atoms with van der Waals surface area (Å²) >= 11 is 0. The third-order valence-corrected chi connectivity index (χ3v) is 13.8. The fraction of sp³-hybridized carbons (Fsp3) is 0.831. The fourth-order valence-corrected chi connectivity index (χ4v) is 8.98. The highest BCUT2D eigenvalue weighted by atomic mass is 16.7. The first-order valence-electron chi connectivity index (χ1n) is 29.2. The largest absolute Gasteiger partial charge is 0.462 e. The summed E-state index contributed by atoms with van der Waals surface area (Å²) in [5.41, 5.74) is 0. The van der Waals surface area contributed by atoms with E-state index in [1.165, 1.54) is 103 Å². The Labute approximate surface area is 446 Å². The average Bonchev–Trinajstić information content (AvgIpc) is 3.39. The predicted molar refractivity (Wildman–Crippen MR) is 289 cm³/mol. The van der Waals surface area contributed by atoms with E-state index >= 15 is 0 Å². The molecule has 0 aromatic heterocycles. The van der Waals surface area contributed by atoms with Crippen molar-refractivity contribution in [3.05, 3.63) is 48.6 Å². The van der Waals surface area contributed by atoms with Gasteiger partial charge in [-0.3, -0.25) is 9.59 Å². The molecule has 15 heteroatoms.